The van der Waals surface area contributed by atoms with Gasteiger partial charge in [-0.05, 0) is 30.4 Å². The van der Waals surface area contributed by atoms with Crippen LogP contribution in [0.5, 0.6) is 0 Å². The molecule has 0 atom stereocenters. The maximum absolute atomic E-state index is 5.24. The van der Waals surface area contributed by atoms with Crippen LogP contribution in [0.3, 0.4) is 0 Å². The van der Waals surface area contributed by atoms with Crippen LogP contribution in [0.1, 0.15) is 0 Å². The summed E-state index contributed by atoms with van der Waals surface area (Å²) >= 11 is 5.24. The van der Waals surface area contributed by atoms with Crippen molar-refractivity contribution in [3.05, 3.63) is 60.7 Å². The second-order valence-electron chi connectivity index (χ2n) is 4.15. The summed E-state index contributed by atoms with van der Waals surface area (Å²) < 4.78 is 0. The van der Waals surface area contributed by atoms with Gasteiger partial charge in [0.25, 0.3) is 0 Å². The van der Waals surface area contributed by atoms with Crippen LogP contribution in [-0.4, -0.2) is 15.3 Å². The lowest BCUT2D eigenvalue weighted by atomic mass is 10.2. The van der Waals surface area contributed by atoms with Crippen LogP contribution in [0.15, 0.2) is 54.6 Å². The van der Waals surface area contributed by atoms with Gasteiger partial charge in [0, 0.05) is 17.1 Å². The zero-order valence-corrected chi connectivity index (χ0v) is 11.3. The second kappa shape index (κ2) is 5.63. The summed E-state index contributed by atoms with van der Waals surface area (Å²) in [6.45, 7) is 0. The van der Waals surface area contributed by atoms with E-state index in [-0.39, 0.29) is 0 Å². The number of nitrogens with one attached hydrogen (secondary N) is 2. The van der Waals surface area contributed by atoms with Crippen LogP contribution < -0.4 is 10.6 Å². The van der Waals surface area contributed by atoms with Gasteiger partial charge < -0.3 is 10.6 Å². The SMILES string of the molecule is S=C(Nc1ccccc1)Nc1cc2ccc[c]c2nn1. The normalized spacial score (nSPS) is 10.2. The van der Waals surface area contributed by atoms with Crippen molar-refractivity contribution in [2.24, 2.45) is 0 Å². The molecule has 1 radical (unpaired) electrons. The first kappa shape index (κ1) is 12.5. The van der Waals surface area contributed by atoms with Gasteiger partial charge in [0.05, 0.1) is 0 Å². The molecule has 0 bridgehead atoms. The molecule has 2 N–H and O–H groups in total. The standard InChI is InChI=1S/C15H11N4S/c20-15(16-12-7-2-1-3-8-12)17-14-10-11-6-4-5-9-13(11)18-19-14/h1-8,10H,(H2,16,17,19,20). The van der Waals surface area contributed by atoms with Gasteiger partial charge in [0.1, 0.15) is 5.52 Å². The first-order chi connectivity index (χ1) is 9.81. The summed E-state index contributed by atoms with van der Waals surface area (Å²) in [7, 11) is 0. The van der Waals surface area contributed by atoms with Crippen molar-refractivity contribution in [1.82, 2.24) is 10.2 Å². The average molecular weight is 279 g/mol. The Hall–Kier alpha value is -2.53. The number of fused-ring (bicyclic) bond motifs is 1. The summed E-state index contributed by atoms with van der Waals surface area (Å²) in [6.07, 6.45) is 0. The predicted molar refractivity (Wildman–Crippen MR) is 84.7 cm³/mol. The lowest BCUT2D eigenvalue weighted by Crippen LogP contribution is -2.19. The maximum atomic E-state index is 5.24. The summed E-state index contributed by atoms with van der Waals surface area (Å²) in [5, 5.41) is 15.7. The molecule has 0 aliphatic rings. The van der Waals surface area contributed by atoms with Crippen molar-refractivity contribution in [2.75, 3.05) is 10.6 Å². The Morgan fingerprint density at radius 3 is 2.70 bits per heavy atom. The van der Waals surface area contributed by atoms with E-state index in [9.17, 15) is 0 Å². The van der Waals surface area contributed by atoms with Crippen molar-refractivity contribution < 1.29 is 0 Å². The molecule has 3 rings (SSSR count). The first-order valence-electron chi connectivity index (χ1n) is 6.08. The third-order valence-corrected chi connectivity index (χ3v) is 2.89. The molecule has 5 heteroatoms. The van der Waals surface area contributed by atoms with Crippen LogP contribution in [0.25, 0.3) is 10.9 Å². The Kier molecular flexibility index (Phi) is 3.52. The molecule has 4 nitrogen and oxygen atoms in total. The molecule has 0 saturated heterocycles. The van der Waals surface area contributed by atoms with Crippen molar-refractivity contribution in [3.63, 3.8) is 0 Å². The minimum Gasteiger partial charge on any atom is -0.332 e. The van der Waals surface area contributed by atoms with Crippen LogP contribution in [-0.2, 0) is 0 Å². The molecule has 2 aromatic carbocycles. The van der Waals surface area contributed by atoms with E-state index in [1.54, 1.807) is 0 Å². The first-order valence-corrected chi connectivity index (χ1v) is 6.49. The largest absolute Gasteiger partial charge is 0.332 e. The fraction of sp³-hybridized carbons (Fsp3) is 0. The molecule has 1 heterocycles. The van der Waals surface area contributed by atoms with E-state index in [1.807, 2.05) is 54.6 Å². The Balaban J connectivity index is 1.74. The summed E-state index contributed by atoms with van der Waals surface area (Å²) in [5.74, 6) is 0.602. The molecule has 0 fully saturated rings. The molecular weight excluding hydrogens is 268 g/mol. The molecule has 0 aliphatic carbocycles. The number of nitrogens with zero attached hydrogens (tertiary/aromatic N) is 2. The smallest absolute Gasteiger partial charge is 0.176 e. The number of aromatic nitrogens is 2. The summed E-state index contributed by atoms with van der Waals surface area (Å²) in [4.78, 5) is 0. The fourth-order valence-electron chi connectivity index (χ4n) is 1.79. The summed E-state index contributed by atoms with van der Waals surface area (Å²) in [6, 6.07) is 20.3. The number of rotatable bonds is 2. The van der Waals surface area contributed by atoms with Gasteiger partial charge >= 0.3 is 0 Å². The van der Waals surface area contributed by atoms with Crippen molar-refractivity contribution in [2.45, 2.75) is 0 Å². The number of anilines is 2. The molecule has 0 spiro atoms. The lowest BCUT2D eigenvalue weighted by Gasteiger charge is -2.09. The molecule has 3 aromatic rings. The van der Waals surface area contributed by atoms with Crippen LogP contribution in [0.4, 0.5) is 11.5 Å². The Morgan fingerprint density at radius 2 is 1.85 bits per heavy atom. The van der Waals surface area contributed by atoms with E-state index in [0.717, 1.165) is 16.6 Å². The van der Waals surface area contributed by atoms with E-state index < -0.39 is 0 Å². The Morgan fingerprint density at radius 1 is 1.00 bits per heavy atom. The molecule has 1 aromatic heterocycles. The quantitative estimate of drug-likeness (QED) is 0.705. The van der Waals surface area contributed by atoms with Crippen molar-refractivity contribution in [1.29, 1.82) is 0 Å². The van der Waals surface area contributed by atoms with Gasteiger partial charge in [-0.3, -0.25) is 0 Å². The second-order valence-corrected chi connectivity index (χ2v) is 4.56. The Labute approximate surface area is 121 Å². The monoisotopic (exact) mass is 279 g/mol. The van der Waals surface area contributed by atoms with E-state index in [0.29, 0.717) is 10.9 Å². The molecule has 0 saturated carbocycles. The van der Waals surface area contributed by atoms with Crippen LogP contribution >= 0.6 is 12.2 Å². The highest BCUT2D eigenvalue weighted by Crippen LogP contribution is 2.13. The fourth-order valence-corrected chi connectivity index (χ4v) is 2.01. The third kappa shape index (κ3) is 2.89. The van der Waals surface area contributed by atoms with Gasteiger partial charge in [-0.2, -0.15) is 0 Å². The molecule has 0 unspecified atom stereocenters. The van der Waals surface area contributed by atoms with E-state index in [4.69, 9.17) is 12.2 Å². The number of hydrogen-bond acceptors (Lipinski definition) is 3. The minimum atomic E-state index is 0.477. The molecule has 0 aliphatic heterocycles. The number of thiocarbonyl (C=S) groups is 1. The zero-order chi connectivity index (χ0) is 13.8. The topological polar surface area (TPSA) is 49.8 Å². The molecule has 0 amide bonds. The molecule has 97 valence electrons. The van der Waals surface area contributed by atoms with Crippen LogP contribution in [0, 0.1) is 6.07 Å². The third-order valence-electron chi connectivity index (χ3n) is 2.69. The highest BCUT2D eigenvalue weighted by molar-refractivity contribution is 7.80. The highest BCUT2D eigenvalue weighted by Gasteiger charge is 2.02. The predicted octanol–water partition coefficient (Wildman–Crippen LogP) is 3.24. The van der Waals surface area contributed by atoms with Crippen LogP contribution in [0.2, 0.25) is 0 Å². The Bertz CT molecular complexity index is 743. The lowest BCUT2D eigenvalue weighted by molar-refractivity contribution is 1.08. The number of para-hydroxylation sites is 1. The van der Waals surface area contributed by atoms with Gasteiger partial charge in [-0.25, -0.2) is 0 Å². The minimum absolute atomic E-state index is 0.477. The highest BCUT2D eigenvalue weighted by atomic mass is 32.1. The van der Waals surface area contributed by atoms with E-state index >= 15 is 0 Å². The average Bonchev–Trinajstić information content (AvgIpc) is 2.48. The zero-order valence-electron chi connectivity index (χ0n) is 10.5. The van der Waals surface area contributed by atoms with Gasteiger partial charge in [0.2, 0.25) is 0 Å². The number of benzene rings is 2. The van der Waals surface area contributed by atoms with Gasteiger partial charge in [-0.15, -0.1) is 10.2 Å². The van der Waals surface area contributed by atoms with Gasteiger partial charge in [-0.1, -0.05) is 36.4 Å². The van der Waals surface area contributed by atoms with Gasteiger partial charge in [0.15, 0.2) is 10.9 Å². The molecular formula is C15H11N4S. The van der Waals surface area contributed by atoms with E-state index in [2.05, 4.69) is 26.9 Å². The maximum Gasteiger partial charge on any atom is 0.176 e. The van der Waals surface area contributed by atoms with Crippen molar-refractivity contribution >= 4 is 39.7 Å². The number of hydrogen-bond donors (Lipinski definition) is 2. The van der Waals surface area contributed by atoms with Crippen molar-refractivity contribution in [3.8, 4) is 0 Å². The molecule has 20 heavy (non-hydrogen) atoms. The summed E-state index contributed by atoms with van der Waals surface area (Å²) in [5.41, 5.74) is 1.66. The van der Waals surface area contributed by atoms with E-state index in [1.165, 1.54) is 0 Å².